The average molecular weight is 327 g/mol. The Morgan fingerprint density at radius 1 is 1.39 bits per heavy atom. The normalized spacial score (nSPS) is 10.3. The topological polar surface area (TPSA) is 55.2 Å². The highest BCUT2D eigenvalue weighted by Gasteiger charge is 2.05. The van der Waals surface area contributed by atoms with Crippen molar-refractivity contribution in [1.82, 2.24) is 0 Å². The van der Waals surface area contributed by atoms with Crippen LogP contribution in [0, 0.1) is 17.0 Å². The average Bonchev–Trinajstić information content (AvgIpc) is 2.67. The van der Waals surface area contributed by atoms with E-state index in [9.17, 15) is 10.1 Å². The highest BCUT2D eigenvalue weighted by Crippen LogP contribution is 2.27. The summed E-state index contributed by atoms with van der Waals surface area (Å²) in [5.41, 5.74) is 0.984. The Morgan fingerprint density at radius 3 is 2.56 bits per heavy atom. The van der Waals surface area contributed by atoms with Crippen molar-refractivity contribution < 1.29 is 4.92 Å². The van der Waals surface area contributed by atoms with Gasteiger partial charge in [-0.1, -0.05) is 0 Å². The van der Waals surface area contributed by atoms with Crippen molar-refractivity contribution >= 4 is 38.6 Å². The van der Waals surface area contributed by atoms with Crippen LogP contribution in [0.1, 0.15) is 9.75 Å². The smallest absolute Gasteiger partial charge is 0.269 e. The summed E-state index contributed by atoms with van der Waals surface area (Å²) in [5, 5.41) is 13.7. The summed E-state index contributed by atoms with van der Waals surface area (Å²) in [6.07, 6.45) is 0. The molecule has 0 aliphatic heterocycles. The van der Waals surface area contributed by atoms with Crippen LogP contribution in [-0.2, 0) is 6.54 Å². The van der Waals surface area contributed by atoms with Gasteiger partial charge in [0.25, 0.3) is 5.69 Å². The zero-order chi connectivity index (χ0) is 13.1. The molecule has 0 amide bonds. The highest BCUT2D eigenvalue weighted by molar-refractivity contribution is 9.10. The largest absolute Gasteiger partial charge is 0.380 e. The molecule has 0 unspecified atom stereocenters. The number of non-ortho nitro benzene ring substituents is 1. The van der Waals surface area contributed by atoms with Crippen molar-refractivity contribution in [2.75, 3.05) is 5.32 Å². The Kier molecular flexibility index (Phi) is 3.98. The molecule has 18 heavy (non-hydrogen) atoms. The fourth-order valence-corrected chi connectivity index (χ4v) is 3.04. The van der Waals surface area contributed by atoms with Gasteiger partial charge in [-0.3, -0.25) is 10.1 Å². The number of nitrogens with one attached hydrogen (secondary N) is 1. The van der Waals surface area contributed by atoms with Crippen LogP contribution in [0.4, 0.5) is 11.4 Å². The molecule has 0 saturated carbocycles. The summed E-state index contributed by atoms with van der Waals surface area (Å²) in [6, 6.07) is 8.51. The van der Waals surface area contributed by atoms with E-state index >= 15 is 0 Å². The van der Waals surface area contributed by atoms with Crippen LogP contribution in [0.15, 0.2) is 34.8 Å². The van der Waals surface area contributed by atoms with Crippen LogP contribution in [0.2, 0.25) is 0 Å². The molecule has 4 nitrogen and oxygen atoms in total. The Labute approximate surface area is 117 Å². The van der Waals surface area contributed by atoms with Crippen molar-refractivity contribution in [1.29, 1.82) is 0 Å². The van der Waals surface area contributed by atoms with Gasteiger partial charge >= 0.3 is 0 Å². The second-order valence-electron chi connectivity index (χ2n) is 3.77. The summed E-state index contributed by atoms with van der Waals surface area (Å²) in [5.74, 6) is 0. The van der Waals surface area contributed by atoms with Gasteiger partial charge in [-0.2, -0.15) is 0 Å². The highest BCUT2D eigenvalue weighted by atomic mass is 79.9. The predicted octanol–water partition coefficient (Wildman–Crippen LogP) is 4.34. The number of thiophene rings is 1. The number of nitro benzene ring substituents is 1. The molecule has 6 heteroatoms. The van der Waals surface area contributed by atoms with Gasteiger partial charge in [0.05, 0.1) is 4.92 Å². The lowest BCUT2D eigenvalue weighted by Gasteiger charge is -2.03. The Hall–Kier alpha value is -1.40. The van der Waals surface area contributed by atoms with E-state index in [1.807, 2.05) is 0 Å². The molecule has 0 radical (unpaired) electrons. The molecule has 0 atom stereocenters. The predicted molar refractivity (Wildman–Crippen MR) is 77.2 cm³/mol. The van der Waals surface area contributed by atoms with Crippen LogP contribution in [0.25, 0.3) is 0 Å². The summed E-state index contributed by atoms with van der Waals surface area (Å²) < 4.78 is 1.12. The number of hydrogen-bond acceptors (Lipinski definition) is 4. The van der Waals surface area contributed by atoms with Gasteiger partial charge in [0, 0.05) is 38.6 Å². The van der Waals surface area contributed by atoms with E-state index in [0.717, 1.165) is 16.7 Å². The lowest BCUT2D eigenvalue weighted by molar-refractivity contribution is -0.384. The third-order valence-electron chi connectivity index (χ3n) is 2.45. The SMILES string of the molecule is Cc1sc(CNc2ccc([N+](=O)[O-])cc2)cc1Br. The summed E-state index contributed by atoms with van der Waals surface area (Å²) in [4.78, 5) is 12.6. The Bertz CT molecular complexity index is 546. The molecular weight excluding hydrogens is 316 g/mol. The van der Waals surface area contributed by atoms with Crippen molar-refractivity contribution in [3.8, 4) is 0 Å². The lowest BCUT2D eigenvalue weighted by atomic mass is 10.3. The molecule has 0 aliphatic carbocycles. The Balaban J connectivity index is 2.00. The number of nitro groups is 1. The first-order chi connectivity index (χ1) is 8.56. The van der Waals surface area contributed by atoms with Gasteiger partial charge < -0.3 is 5.32 Å². The van der Waals surface area contributed by atoms with E-state index in [1.165, 1.54) is 21.9 Å². The number of aryl methyl sites for hydroxylation is 1. The fourth-order valence-electron chi connectivity index (χ4n) is 1.50. The van der Waals surface area contributed by atoms with Crippen LogP contribution >= 0.6 is 27.3 Å². The van der Waals surface area contributed by atoms with E-state index in [2.05, 4.69) is 34.2 Å². The lowest BCUT2D eigenvalue weighted by Crippen LogP contribution is -1.97. The third-order valence-corrected chi connectivity index (χ3v) is 4.59. The molecule has 1 aromatic heterocycles. The van der Waals surface area contributed by atoms with Crippen LogP contribution in [0.3, 0.4) is 0 Å². The molecule has 0 bridgehead atoms. The second kappa shape index (κ2) is 5.49. The van der Waals surface area contributed by atoms with E-state index in [4.69, 9.17) is 0 Å². The second-order valence-corrected chi connectivity index (χ2v) is 5.97. The molecule has 0 saturated heterocycles. The van der Waals surface area contributed by atoms with E-state index < -0.39 is 4.92 Å². The molecule has 1 aromatic carbocycles. The molecule has 2 aromatic rings. The van der Waals surface area contributed by atoms with E-state index in [1.54, 1.807) is 23.5 Å². The number of anilines is 1. The van der Waals surface area contributed by atoms with Crippen LogP contribution in [-0.4, -0.2) is 4.92 Å². The Morgan fingerprint density at radius 2 is 2.06 bits per heavy atom. The maximum atomic E-state index is 10.5. The number of hydrogen-bond donors (Lipinski definition) is 1. The molecule has 2 rings (SSSR count). The van der Waals surface area contributed by atoms with Crippen molar-refractivity contribution in [2.45, 2.75) is 13.5 Å². The molecule has 0 spiro atoms. The minimum absolute atomic E-state index is 0.107. The maximum absolute atomic E-state index is 10.5. The number of halogens is 1. The summed E-state index contributed by atoms with van der Waals surface area (Å²) in [7, 11) is 0. The molecule has 0 aliphatic rings. The monoisotopic (exact) mass is 326 g/mol. The first-order valence-corrected chi connectivity index (χ1v) is 6.90. The van der Waals surface area contributed by atoms with Gasteiger partial charge in [0.2, 0.25) is 0 Å². The van der Waals surface area contributed by atoms with Gasteiger partial charge in [0.15, 0.2) is 0 Å². The zero-order valence-corrected chi connectivity index (χ0v) is 12.0. The third kappa shape index (κ3) is 3.08. The molecule has 0 fully saturated rings. The quantitative estimate of drug-likeness (QED) is 0.671. The molecule has 1 N–H and O–H groups in total. The molecule has 1 heterocycles. The molecule has 94 valence electrons. The number of nitrogens with zero attached hydrogens (tertiary/aromatic N) is 1. The van der Waals surface area contributed by atoms with Gasteiger partial charge in [-0.05, 0) is 41.1 Å². The molecular formula is C12H11BrN2O2S. The standard InChI is InChI=1S/C12H11BrN2O2S/c1-8-12(13)6-11(18-8)7-14-9-2-4-10(5-3-9)15(16)17/h2-6,14H,7H2,1H3. The minimum atomic E-state index is -0.399. The summed E-state index contributed by atoms with van der Waals surface area (Å²) >= 11 is 5.20. The fraction of sp³-hybridized carbons (Fsp3) is 0.167. The maximum Gasteiger partial charge on any atom is 0.269 e. The van der Waals surface area contributed by atoms with Crippen molar-refractivity contribution in [3.63, 3.8) is 0 Å². The first-order valence-electron chi connectivity index (χ1n) is 5.29. The van der Waals surface area contributed by atoms with E-state index in [0.29, 0.717) is 0 Å². The van der Waals surface area contributed by atoms with Crippen LogP contribution in [0.5, 0.6) is 0 Å². The van der Waals surface area contributed by atoms with Gasteiger partial charge in [-0.25, -0.2) is 0 Å². The van der Waals surface area contributed by atoms with E-state index in [-0.39, 0.29) is 5.69 Å². The number of rotatable bonds is 4. The van der Waals surface area contributed by atoms with Gasteiger partial charge in [-0.15, -0.1) is 11.3 Å². The van der Waals surface area contributed by atoms with Crippen LogP contribution < -0.4 is 5.32 Å². The minimum Gasteiger partial charge on any atom is -0.380 e. The van der Waals surface area contributed by atoms with Crippen molar-refractivity contribution in [2.24, 2.45) is 0 Å². The zero-order valence-electron chi connectivity index (χ0n) is 9.64. The number of benzene rings is 1. The summed E-state index contributed by atoms with van der Waals surface area (Å²) in [6.45, 7) is 2.78. The van der Waals surface area contributed by atoms with Gasteiger partial charge in [0.1, 0.15) is 0 Å². The first kappa shape index (κ1) is 13.0. The van der Waals surface area contributed by atoms with Crippen molar-refractivity contribution in [3.05, 3.63) is 54.7 Å².